The third kappa shape index (κ3) is 5.85. The summed E-state index contributed by atoms with van der Waals surface area (Å²) >= 11 is 2.82. The molecule has 0 rings (SSSR count). The second-order valence-corrected chi connectivity index (χ2v) is 3.43. The molecule has 0 unspecified atom stereocenters. The van der Waals surface area contributed by atoms with Crippen LogP contribution in [0.3, 0.4) is 0 Å². The van der Waals surface area contributed by atoms with E-state index >= 15 is 0 Å². The smallest absolute Gasteiger partial charge is 0.405 e. The molecule has 0 amide bonds. The fourth-order valence-electron chi connectivity index (χ4n) is 0.575. The summed E-state index contributed by atoms with van der Waals surface area (Å²) in [5.74, 6) is -0.371. The molecule has 0 saturated heterocycles. The summed E-state index contributed by atoms with van der Waals surface area (Å²) in [5.41, 5.74) is 0.532. The number of rotatable bonds is 4. The minimum atomic E-state index is -4.71. The molecule has 0 bridgehead atoms. The van der Waals surface area contributed by atoms with Crippen LogP contribution in [-0.2, 0) is 4.74 Å². The van der Waals surface area contributed by atoms with Crippen LogP contribution in [0.15, 0.2) is 35.0 Å². The molecule has 14 heavy (non-hydrogen) atoms. The van der Waals surface area contributed by atoms with Gasteiger partial charge in [0.05, 0.1) is 4.48 Å². The Hall–Kier alpha value is -0.710. The van der Waals surface area contributed by atoms with Crippen molar-refractivity contribution in [3.63, 3.8) is 0 Å². The molecule has 0 aromatic carbocycles. The lowest BCUT2D eigenvalue weighted by atomic mass is 10.2. The minimum Gasteiger partial charge on any atom is -0.405 e. The first kappa shape index (κ1) is 13.3. The second kappa shape index (κ2) is 5.24. The van der Waals surface area contributed by atoms with E-state index in [1.54, 1.807) is 6.92 Å². The number of alkyl halides is 3. The third-order valence-corrected chi connectivity index (χ3v) is 1.67. The second-order valence-electron chi connectivity index (χ2n) is 2.47. The van der Waals surface area contributed by atoms with Crippen molar-refractivity contribution in [3.05, 3.63) is 35.0 Å². The predicted octanol–water partition coefficient (Wildman–Crippen LogP) is 4.28. The van der Waals surface area contributed by atoms with Gasteiger partial charge in [0.2, 0.25) is 0 Å². The van der Waals surface area contributed by atoms with Gasteiger partial charge in [0.1, 0.15) is 5.76 Å². The van der Waals surface area contributed by atoms with E-state index in [2.05, 4.69) is 33.8 Å². The Morgan fingerprint density at radius 3 is 2.21 bits per heavy atom. The fraction of sp³-hybridized carbons (Fsp3) is 0.333. The maximum absolute atomic E-state index is 11.9. The third-order valence-electron chi connectivity index (χ3n) is 1.28. The van der Waals surface area contributed by atoms with Crippen LogP contribution in [0.25, 0.3) is 0 Å². The molecule has 80 valence electrons. The quantitative estimate of drug-likeness (QED) is 0.547. The lowest BCUT2D eigenvalue weighted by Crippen LogP contribution is -2.13. The zero-order valence-corrected chi connectivity index (χ0v) is 9.20. The van der Waals surface area contributed by atoms with Crippen molar-refractivity contribution in [2.24, 2.45) is 0 Å². The maximum atomic E-state index is 11.9. The molecular formula is C9H10BrF3O. The molecule has 5 heteroatoms. The molecule has 0 radical (unpaired) electrons. The van der Waals surface area contributed by atoms with Crippen molar-refractivity contribution in [1.82, 2.24) is 0 Å². The van der Waals surface area contributed by atoms with Gasteiger partial charge in [-0.05, 0) is 28.4 Å². The van der Waals surface area contributed by atoms with Crippen LogP contribution in [0, 0.1) is 0 Å². The average molecular weight is 271 g/mol. The van der Waals surface area contributed by atoms with Crippen molar-refractivity contribution >= 4 is 15.9 Å². The number of ether oxygens (including phenoxy) is 1. The topological polar surface area (TPSA) is 9.23 Å². The van der Waals surface area contributed by atoms with Crippen molar-refractivity contribution in [2.75, 3.05) is 0 Å². The zero-order chi connectivity index (χ0) is 11.4. The summed E-state index contributed by atoms with van der Waals surface area (Å²) in [5, 5.41) is 0. The van der Waals surface area contributed by atoms with Gasteiger partial charge in [-0.3, -0.25) is 0 Å². The SMILES string of the molecule is C=C(/C=C(/OC(F)(F)F)C(=C)Br)CC. The molecule has 0 atom stereocenters. The van der Waals surface area contributed by atoms with Crippen molar-refractivity contribution in [2.45, 2.75) is 19.7 Å². The first-order valence-electron chi connectivity index (χ1n) is 3.76. The Kier molecular flexibility index (Phi) is 4.97. The Labute approximate surface area is 89.1 Å². The number of allylic oxidation sites excluding steroid dienone is 3. The van der Waals surface area contributed by atoms with Crippen LogP contribution in [-0.4, -0.2) is 6.36 Å². The monoisotopic (exact) mass is 270 g/mol. The highest BCUT2D eigenvalue weighted by Crippen LogP contribution is 2.27. The summed E-state index contributed by atoms with van der Waals surface area (Å²) in [7, 11) is 0. The van der Waals surface area contributed by atoms with Crippen molar-refractivity contribution in [3.8, 4) is 0 Å². The summed E-state index contributed by atoms with van der Waals surface area (Å²) < 4.78 is 39.4. The van der Waals surface area contributed by atoms with Gasteiger partial charge in [0.15, 0.2) is 0 Å². The number of hydrogen-bond acceptors (Lipinski definition) is 1. The standard InChI is InChI=1S/C9H10BrF3O/c1-4-6(2)5-8(7(3)10)14-9(11,12)13/h5H,2-4H2,1H3/b8-5+. The van der Waals surface area contributed by atoms with Crippen LogP contribution < -0.4 is 0 Å². The van der Waals surface area contributed by atoms with E-state index in [9.17, 15) is 13.2 Å². The fourth-order valence-corrected chi connectivity index (χ4v) is 0.771. The zero-order valence-electron chi connectivity index (χ0n) is 7.62. The molecule has 0 heterocycles. The predicted molar refractivity (Wildman–Crippen MR) is 52.7 cm³/mol. The van der Waals surface area contributed by atoms with Crippen LogP contribution in [0.5, 0.6) is 0 Å². The van der Waals surface area contributed by atoms with Gasteiger partial charge in [-0.2, -0.15) is 0 Å². The highest BCUT2D eigenvalue weighted by molar-refractivity contribution is 9.11. The van der Waals surface area contributed by atoms with E-state index < -0.39 is 6.36 Å². The molecule has 0 N–H and O–H groups in total. The normalized spacial score (nSPS) is 12.5. The largest absolute Gasteiger partial charge is 0.573 e. The molecular weight excluding hydrogens is 261 g/mol. The van der Waals surface area contributed by atoms with E-state index in [0.717, 1.165) is 0 Å². The van der Waals surface area contributed by atoms with E-state index in [-0.39, 0.29) is 10.2 Å². The molecule has 0 aliphatic rings. The maximum Gasteiger partial charge on any atom is 0.573 e. The van der Waals surface area contributed by atoms with E-state index in [1.165, 1.54) is 6.08 Å². The number of halogens is 4. The minimum absolute atomic E-state index is 0.0319. The van der Waals surface area contributed by atoms with Gasteiger partial charge >= 0.3 is 6.36 Å². The molecule has 0 aromatic rings. The average Bonchev–Trinajstić information content (AvgIpc) is 2.00. The van der Waals surface area contributed by atoms with Gasteiger partial charge in [0.25, 0.3) is 0 Å². The molecule has 0 aromatic heterocycles. The molecule has 0 fully saturated rings. The molecule has 1 nitrogen and oxygen atoms in total. The molecule has 0 aliphatic heterocycles. The lowest BCUT2D eigenvalue weighted by molar-refractivity contribution is -0.303. The Morgan fingerprint density at radius 1 is 1.43 bits per heavy atom. The summed E-state index contributed by atoms with van der Waals surface area (Å²) in [6, 6.07) is 0. The lowest BCUT2D eigenvalue weighted by Gasteiger charge is -2.11. The van der Waals surface area contributed by atoms with Gasteiger partial charge in [0, 0.05) is 0 Å². The van der Waals surface area contributed by atoms with Gasteiger partial charge < -0.3 is 4.74 Å². The van der Waals surface area contributed by atoms with Crippen LogP contribution in [0.2, 0.25) is 0 Å². The summed E-state index contributed by atoms with van der Waals surface area (Å²) in [6.45, 7) is 8.63. The van der Waals surface area contributed by atoms with E-state index in [4.69, 9.17) is 0 Å². The van der Waals surface area contributed by atoms with Crippen molar-refractivity contribution in [1.29, 1.82) is 0 Å². The molecule has 0 aliphatic carbocycles. The first-order chi connectivity index (χ1) is 6.26. The Bertz CT molecular complexity index is 266. The summed E-state index contributed by atoms with van der Waals surface area (Å²) in [6.07, 6.45) is -2.97. The highest BCUT2D eigenvalue weighted by Gasteiger charge is 2.32. The first-order valence-corrected chi connectivity index (χ1v) is 4.55. The molecule has 0 spiro atoms. The number of hydrogen-bond donors (Lipinski definition) is 0. The van der Waals surface area contributed by atoms with E-state index in [0.29, 0.717) is 12.0 Å². The van der Waals surface area contributed by atoms with Crippen molar-refractivity contribution < 1.29 is 17.9 Å². The Morgan fingerprint density at radius 2 is 1.93 bits per heavy atom. The van der Waals surface area contributed by atoms with Gasteiger partial charge in [-0.1, -0.05) is 25.7 Å². The van der Waals surface area contributed by atoms with E-state index in [1.807, 2.05) is 0 Å². The van der Waals surface area contributed by atoms with Crippen LogP contribution in [0.1, 0.15) is 13.3 Å². The summed E-state index contributed by atoms with van der Waals surface area (Å²) in [4.78, 5) is 0. The van der Waals surface area contributed by atoms with Gasteiger partial charge in [-0.15, -0.1) is 13.2 Å². The highest BCUT2D eigenvalue weighted by atomic mass is 79.9. The Balaban J connectivity index is 4.70. The molecule has 0 saturated carbocycles. The van der Waals surface area contributed by atoms with Gasteiger partial charge in [-0.25, -0.2) is 0 Å². The van der Waals surface area contributed by atoms with Crippen LogP contribution >= 0.6 is 15.9 Å². The van der Waals surface area contributed by atoms with Crippen LogP contribution in [0.4, 0.5) is 13.2 Å².